The Morgan fingerprint density at radius 3 is 1.17 bits per heavy atom. The van der Waals surface area contributed by atoms with Gasteiger partial charge in [0.2, 0.25) is 0 Å². The van der Waals surface area contributed by atoms with Crippen LogP contribution in [-0.2, 0) is 5.41 Å². The van der Waals surface area contributed by atoms with E-state index in [4.69, 9.17) is 0 Å². The molecule has 6 aromatic rings. The Bertz CT molecular complexity index is 1850. The van der Waals surface area contributed by atoms with E-state index in [1.165, 1.54) is 77.6 Å². The van der Waals surface area contributed by atoms with Gasteiger partial charge in [-0.3, -0.25) is 0 Å². The molecule has 0 aromatic heterocycles. The number of hydrogen-bond donors (Lipinski definition) is 0. The van der Waals surface area contributed by atoms with Crippen LogP contribution >= 0.6 is 0 Å². The highest BCUT2D eigenvalue weighted by molar-refractivity contribution is 5.81. The van der Waals surface area contributed by atoms with Gasteiger partial charge in [0.25, 0.3) is 0 Å². The lowest BCUT2D eigenvalue weighted by atomic mass is 9.47. The van der Waals surface area contributed by atoms with Gasteiger partial charge in [-0.15, -0.1) is 0 Å². The molecule has 0 N–H and O–H groups in total. The summed E-state index contributed by atoms with van der Waals surface area (Å²) in [4.78, 5) is 2.39. The second kappa shape index (κ2) is 11.7. The molecule has 4 fully saturated rings. The Hall–Kier alpha value is -4.88. The van der Waals surface area contributed by atoms with Gasteiger partial charge >= 0.3 is 0 Å². The lowest BCUT2D eigenvalue weighted by Crippen LogP contribution is -2.48. The van der Waals surface area contributed by atoms with Crippen molar-refractivity contribution >= 4 is 17.1 Å². The maximum absolute atomic E-state index is 2.46. The minimum Gasteiger partial charge on any atom is -0.311 e. The van der Waals surface area contributed by atoms with Crippen LogP contribution in [0.3, 0.4) is 0 Å². The van der Waals surface area contributed by atoms with Crippen LogP contribution < -0.4 is 4.90 Å². The lowest BCUT2D eigenvalue weighted by molar-refractivity contribution is -0.00492. The van der Waals surface area contributed by atoms with E-state index in [2.05, 4.69) is 163 Å². The Balaban J connectivity index is 1.08. The van der Waals surface area contributed by atoms with Crippen molar-refractivity contribution < 1.29 is 0 Å². The van der Waals surface area contributed by atoms with E-state index in [9.17, 15) is 0 Å². The highest BCUT2D eigenvalue weighted by Crippen LogP contribution is 2.61. The number of anilines is 3. The van der Waals surface area contributed by atoms with E-state index in [0.29, 0.717) is 5.41 Å². The molecule has 10 rings (SSSR count). The molecule has 0 saturated heterocycles. The fraction of sp³-hybridized carbons (Fsp3) is 0.217. The zero-order chi connectivity index (χ0) is 31.2. The average Bonchev–Trinajstić information content (AvgIpc) is 3.13. The number of benzene rings is 6. The monoisotopic (exact) mass is 607 g/mol. The van der Waals surface area contributed by atoms with Gasteiger partial charge in [-0.1, -0.05) is 121 Å². The second-order valence-corrected chi connectivity index (χ2v) is 14.5. The maximum Gasteiger partial charge on any atom is 0.0462 e. The third kappa shape index (κ3) is 5.28. The van der Waals surface area contributed by atoms with Crippen molar-refractivity contribution in [1.82, 2.24) is 0 Å². The van der Waals surface area contributed by atoms with Crippen molar-refractivity contribution in [3.8, 4) is 33.4 Å². The third-order valence-electron chi connectivity index (χ3n) is 11.4. The molecule has 6 aromatic carbocycles. The summed E-state index contributed by atoms with van der Waals surface area (Å²) < 4.78 is 0. The molecule has 1 nitrogen and oxygen atoms in total. The normalized spacial score (nSPS) is 22.7. The smallest absolute Gasteiger partial charge is 0.0462 e. The van der Waals surface area contributed by atoms with Gasteiger partial charge in [-0.2, -0.15) is 0 Å². The van der Waals surface area contributed by atoms with Crippen LogP contribution in [0.15, 0.2) is 158 Å². The van der Waals surface area contributed by atoms with Crippen LogP contribution in [0.4, 0.5) is 17.1 Å². The molecule has 0 radical (unpaired) electrons. The molecule has 4 aliphatic carbocycles. The SMILES string of the molecule is c1ccc(-c2ccc(N(c3ccc(-c4ccccc4)cc3)c3ccc(-c4ccccc4C45CC6CC(CC(C6)C4)C5)cc3)cc2)cc1. The molecule has 4 bridgehead atoms. The van der Waals surface area contributed by atoms with E-state index in [1.807, 2.05) is 0 Å². The van der Waals surface area contributed by atoms with Gasteiger partial charge in [0, 0.05) is 17.1 Å². The predicted octanol–water partition coefficient (Wildman–Crippen LogP) is 12.6. The van der Waals surface area contributed by atoms with Crippen LogP contribution in [0, 0.1) is 17.8 Å². The molecule has 0 amide bonds. The summed E-state index contributed by atoms with van der Waals surface area (Å²) in [6, 6.07) is 58.0. The summed E-state index contributed by atoms with van der Waals surface area (Å²) in [6.07, 6.45) is 8.60. The predicted molar refractivity (Wildman–Crippen MR) is 197 cm³/mol. The van der Waals surface area contributed by atoms with E-state index >= 15 is 0 Å². The quantitative estimate of drug-likeness (QED) is 0.174. The second-order valence-electron chi connectivity index (χ2n) is 14.5. The van der Waals surface area contributed by atoms with Gasteiger partial charge in [-0.05, 0) is 137 Å². The Labute approximate surface area is 279 Å². The Morgan fingerprint density at radius 2 is 0.723 bits per heavy atom. The van der Waals surface area contributed by atoms with Gasteiger partial charge in [0.1, 0.15) is 0 Å². The standard InChI is InChI=1S/C46H41N/c1-3-9-36(10-4-1)38-15-21-41(22-16-38)47(42-23-17-39(18-24-42)37-11-5-2-6-12-37)43-25-19-40(20-26-43)44-13-7-8-14-45(44)46-30-33-27-34(31-46)29-35(28-33)32-46/h1-26,33-35H,27-32H2. The van der Waals surface area contributed by atoms with Crippen LogP contribution in [0.1, 0.15) is 44.1 Å². The first kappa shape index (κ1) is 28.4. The van der Waals surface area contributed by atoms with Crippen LogP contribution in [0.25, 0.3) is 33.4 Å². The van der Waals surface area contributed by atoms with E-state index < -0.39 is 0 Å². The summed E-state index contributed by atoms with van der Waals surface area (Å²) >= 11 is 0. The van der Waals surface area contributed by atoms with Gasteiger partial charge < -0.3 is 4.90 Å². The molecule has 0 aliphatic heterocycles. The molecule has 4 saturated carbocycles. The largest absolute Gasteiger partial charge is 0.311 e. The first-order valence-corrected chi connectivity index (χ1v) is 17.5. The lowest BCUT2D eigenvalue weighted by Gasteiger charge is -2.57. The van der Waals surface area contributed by atoms with Crippen molar-refractivity contribution in [3.63, 3.8) is 0 Å². The van der Waals surface area contributed by atoms with Crippen LogP contribution in [-0.4, -0.2) is 0 Å². The molecule has 0 spiro atoms. The van der Waals surface area contributed by atoms with E-state index in [0.717, 1.165) is 29.1 Å². The summed E-state index contributed by atoms with van der Waals surface area (Å²) in [6.45, 7) is 0. The molecule has 47 heavy (non-hydrogen) atoms. The molecule has 4 aliphatic rings. The maximum atomic E-state index is 2.46. The van der Waals surface area contributed by atoms with E-state index in [1.54, 1.807) is 5.56 Å². The third-order valence-corrected chi connectivity index (χ3v) is 11.4. The minimum absolute atomic E-state index is 0.372. The molecule has 0 unspecified atom stereocenters. The highest BCUT2D eigenvalue weighted by Gasteiger charge is 2.52. The molecule has 0 heterocycles. The van der Waals surface area contributed by atoms with Crippen molar-refractivity contribution in [2.75, 3.05) is 4.90 Å². The summed E-state index contributed by atoms with van der Waals surface area (Å²) in [5, 5.41) is 0. The van der Waals surface area contributed by atoms with Gasteiger partial charge in [-0.25, -0.2) is 0 Å². The fourth-order valence-corrected chi connectivity index (χ4v) is 9.74. The topological polar surface area (TPSA) is 3.24 Å². The molecular weight excluding hydrogens is 567 g/mol. The number of rotatable bonds is 7. The number of hydrogen-bond acceptors (Lipinski definition) is 1. The Kier molecular flexibility index (Phi) is 7.08. The average molecular weight is 608 g/mol. The zero-order valence-electron chi connectivity index (χ0n) is 26.9. The summed E-state index contributed by atoms with van der Waals surface area (Å²) in [5.74, 6) is 2.81. The molecule has 0 atom stereocenters. The summed E-state index contributed by atoms with van der Waals surface area (Å²) in [5.41, 5.74) is 13.1. The van der Waals surface area contributed by atoms with Crippen molar-refractivity contribution in [1.29, 1.82) is 0 Å². The molecule has 1 heteroatoms. The highest BCUT2D eigenvalue weighted by atomic mass is 15.1. The number of nitrogens with zero attached hydrogens (tertiary/aromatic N) is 1. The minimum atomic E-state index is 0.372. The van der Waals surface area contributed by atoms with Crippen LogP contribution in [0.5, 0.6) is 0 Å². The van der Waals surface area contributed by atoms with Gasteiger partial charge in [0.05, 0.1) is 0 Å². The van der Waals surface area contributed by atoms with E-state index in [-0.39, 0.29) is 0 Å². The van der Waals surface area contributed by atoms with Gasteiger partial charge in [0.15, 0.2) is 0 Å². The molecular formula is C46H41N. The van der Waals surface area contributed by atoms with Crippen molar-refractivity contribution in [2.24, 2.45) is 17.8 Å². The Morgan fingerprint density at radius 1 is 0.362 bits per heavy atom. The van der Waals surface area contributed by atoms with Crippen molar-refractivity contribution in [3.05, 3.63) is 163 Å². The molecule has 230 valence electrons. The zero-order valence-corrected chi connectivity index (χ0v) is 26.9. The summed E-state index contributed by atoms with van der Waals surface area (Å²) in [7, 11) is 0. The van der Waals surface area contributed by atoms with Crippen LogP contribution in [0.2, 0.25) is 0 Å². The van der Waals surface area contributed by atoms with Crippen molar-refractivity contribution in [2.45, 2.75) is 43.9 Å². The fourth-order valence-electron chi connectivity index (χ4n) is 9.74. The first-order chi connectivity index (χ1) is 23.2. The first-order valence-electron chi connectivity index (χ1n) is 17.5.